The van der Waals surface area contributed by atoms with E-state index in [4.69, 9.17) is 15.0 Å². The molecule has 10 rings (SSSR count). The monoisotopic (exact) mass is 1240 g/mol. The van der Waals surface area contributed by atoms with Crippen LogP contribution in [-0.2, 0) is 51.4 Å². The van der Waals surface area contributed by atoms with E-state index in [2.05, 4.69) is 66.4 Å². The summed E-state index contributed by atoms with van der Waals surface area (Å²) in [5.74, 6) is -0.862. The summed E-state index contributed by atoms with van der Waals surface area (Å²) in [7, 11) is -11.2. The molecule has 0 bridgehead atoms. The van der Waals surface area contributed by atoms with E-state index in [9.17, 15) is 68.7 Å². The van der Waals surface area contributed by atoms with Crippen molar-refractivity contribution in [2.45, 2.75) is 88.6 Å². The first-order chi connectivity index (χ1) is 41.4. The van der Waals surface area contributed by atoms with Gasteiger partial charge in [0, 0.05) is 50.0 Å². The lowest BCUT2D eigenvalue weighted by Crippen LogP contribution is -2.48. The Hall–Kier alpha value is -7.68. The summed E-state index contributed by atoms with van der Waals surface area (Å²) in [4.78, 5) is 100. The molecule has 0 radical (unpaired) electrons. The number of benzene rings is 3. The molecular weight excluding hydrogens is 1180 g/mol. The summed E-state index contributed by atoms with van der Waals surface area (Å²) in [6.45, 7) is 2.48. The molecule has 3 aliphatic rings. The molecule has 4 aromatic heterocycles. The van der Waals surface area contributed by atoms with Gasteiger partial charge in [-0.3, -0.25) is 47.8 Å². The number of carbonyl (C=O) groups excluding carboxylic acids is 2. The number of aryl methyl sites for hydroxylation is 3. The number of rotatable bonds is 23. The number of H-pyrrole nitrogens is 2. The first-order valence-electron chi connectivity index (χ1n) is 27.2. The molecule has 7 heterocycles. The molecule has 1 saturated heterocycles. The lowest BCUT2D eigenvalue weighted by molar-refractivity contribution is -0.117. The first kappa shape index (κ1) is 62.4. The predicted octanol–water partition coefficient (Wildman–Crippen LogP) is 1.09. The summed E-state index contributed by atoms with van der Waals surface area (Å²) >= 11 is 0. The quantitative estimate of drug-likeness (QED) is 0.0399. The van der Waals surface area contributed by atoms with Gasteiger partial charge in [0.05, 0.1) is 43.6 Å². The van der Waals surface area contributed by atoms with Crippen LogP contribution < -0.4 is 37.4 Å². The topological polar surface area (TPSA) is 449 Å². The Labute approximate surface area is 493 Å². The molecule has 2 unspecified atom stereocenters. The number of ether oxygens (including phenoxy) is 1. The fourth-order valence-electron chi connectivity index (χ4n) is 10.4. The van der Waals surface area contributed by atoms with E-state index in [-0.39, 0.29) is 65.2 Å². The van der Waals surface area contributed by atoms with Crippen LogP contribution in [0.3, 0.4) is 0 Å². The third-order valence-corrected chi connectivity index (χ3v) is 17.6. The van der Waals surface area contributed by atoms with E-state index in [1.165, 1.54) is 33.1 Å². The Kier molecular flexibility index (Phi) is 18.6. The standard InChI is InChI=1S/C54H63N13O18P2/c1-28-17-36-37(18-29(28)2)67(42(71)12-9-30-7-10-34(11-8-30)61-41-19-32(13-15-56-41)51(75)57-20-35(68)22-64-16-14-31-5-3-4-6-33(31)21-64)44-50(62-54(77)63-52(44)76)65(36)23-38(69)45(72)39(70)24-82-86(78,79)85-87(80,81)83-25-40-46(73)47(74)53(84-40)66-27-60-43-48(55)58-26-59-49(43)66/h3-8,10-11,13,15,17-19,26-27,35,38-40,45-47,53,68-70,72-74H,9,12,14,16,20-25H2,1-2H3,(H,56,61)(H,57,75)(H,78,79)(H,80,81)(H2,55,58,59)(H2,62,63,76,77)/t35-,38+,39-,40-,45-,46-,47-,53-/m0/s1. The highest BCUT2D eigenvalue weighted by atomic mass is 31.3. The number of phosphoric ester groups is 2. The summed E-state index contributed by atoms with van der Waals surface area (Å²) < 4.78 is 46.3. The molecule has 14 N–H and O–H groups in total. The number of pyridine rings is 1. The summed E-state index contributed by atoms with van der Waals surface area (Å²) in [6, 6.07) is 21.6. The van der Waals surface area contributed by atoms with Crippen molar-refractivity contribution in [3.8, 4) is 0 Å². The van der Waals surface area contributed by atoms with Crippen LogP contribution in [0.2, 0.25) is 0 Å². The van der Waals surface area contributed by atoms with Gasteiger partial charge in [0.15, 0.2) is 23.4 Å². The van der Waals surface area contributed by atoms with Gasteiger partial charge in [-0.1, -0.05) is 36.4 Å². The van der Waals surface area contributed by atoms with Gasteiger partial charge < -0.3 is 66.4 Å². The Balaban J connectivity index is 0.733. The Bertz CT molecular complexity index is 3910. The van der Waals surface area contributed by atoms with Crippen molar-refractivity contribution in [1.82, 2.24) is 44.7 Å². The number of carbonyl (C=O) groups is 2. The van der Waals surface area contributed by atoms with E-state index in [1.54, 1.807) is 62.4 Å². The zero-order valence-corrected chi connectivity index (χ0v) is 48.3. The fourth-order valence-corrected chi connectivity index (χ4v) is 12.4. The zero-order chi connectivity index (χ0) is 62.1. The lowest BCUT2D eigenvalue weighted by Gasteiger charge is -2.39. The van der Waals surface area contributed by atoms with Crippen molar-refractivity contribution in [2.75, 3.05) is 60.2 Å². The molecule has 0 saturated carbocycles. The Morgan fingerprint density at radius 1 is 0.862 bits per heavy atom. The Morgan fingerprint density at radius 3 is 2.34 bits per heavy atom. The molecule has 0 spiro atoms. The van der Waals surface area contributed by atoms with Crippen molar-refractivity contribution in [1.29, 1.82) is 0 Å². The molecule has 1 fully saturated rings. The molecule has 2 amide bonds. The molecule has 87 heavy (non-hydrogen) atoms. The number of phosphoric acid groups is 2. The average molecular weight is 1240 g/mol. The number of imidazole rings is 1. The summed E-state index contributed by atoms with van der Waals surface area (Å²) in [6.07, 6.45) is -8.88. The van der Waals surface area contributed by atoms with Crippen molar-refractivity contribution in [3.05, 3.63) is 146 Å². The predicted molar refractivity (Wildman–Crippen MR) is 310 cm³/mol. The van der Waals surface area contributed by atoms with Gasteiger partial charge in [-0.15, -0.1) is 0 Å². The SMILES string of the molecule is Cc1cc2c(cc1C)N(C(=O)CCc1ccc(Nc3cc(C(=O)NC[C@H](O)CN4CCc5ccccc5C4)ccn3)cc1)c1c([nH]c(=O)[nH]c1=O)N2C[C@@H](O)[C@H](O)[C@@H](O)COP(=O)(O)OP(=O)(O)OC[C@@H]1O[C@H](n2cnc3c(N)ncnc32)[C@@H](O)[C@H]1O. The maximum atomic E-state index is 14.5. The van der Waals surface area contributed by atoms with Crippen LogP contribution in [-0.4, -0.2) is 174 Å². The average Bonchev–Trinajstić information content (AvgIpc) is 1.46. The van der Waals surface area contributed by atoms with Gasteiger partial charge in [-0.25, -0.2) is 33.9 Å². The number of hydrogen-bond donors (Lipinski definition) is 13. The van der Waals surface area contributed by atoms with E-state index in [0.717, 1.165) is 36.3 Å². The molecule has 31 nitrogen and oxygen atoms in total. The first-order valence-corrected chi connectivity index (χ1v) is 30.2. The molecular formula is C54H63N13O18P2. The van der Waals surface area contributed by atoms with Crippen molar-refractivity contribution in [3.63, 3.8) is 0 Å². The highest BCUT2D eigenvalue weighted by Gasteiger charge is 2.47. The van der Waals surface area contributed by atoms with Gasteiger partial charge in [-0.05, 0) is 90.9 Å². The van der Waals surface area contributed by atoms with E-state index >= 15 is 0 Å². The van der Waals surface area contributed by atoms with Crippen molar-refractivity contribution in [2.24, 2.45) is 0 Å². The number of aromatic nitrogens is 7. The maximum absolute atomic E-state index is 14.5. The number of β-amino-alcohol motifs (C(OH)–C–C–N with tert-alkyl or cyclic N) is 2. The normalized spacial score (nSPS) is 20.3. The fraction of sp³-hybridized carbons (Fsp3) is 0.370. The van der Waals surface area contributed by atoms with Crippen LogP contribution >= 0.6 is 15.6 Å². The van der Waals surface area contributed by atoms with E-state index in [0.29, 0.717) is 34.7 Å². The number of fused-ring (bicyclic) bond motifs is 4. The van der Waals surface area contributed by atoms with Crippen LogP contribution in [0.25, 0.3) is 11.2 Å². The van der Waals surface area contributed by atoms with E-state index in [1.807, 2.05) is 12.1 Å². The summed E-state index contributed by atoms with van der Waals surface area (Å²) in [5, 5.41) is 71.5. The molecule has 33 heteroatoms. The third-order valence-electron chi connectivity index (χ3n) is 15.0. The minimum atomic E-state index is -5.66. The minimum absolute atomic E-state index is 0.0107. The number of aliphatic hydroxyl groups is 6. The van der Waals surface area contributed by atoms with Gasteiger partial charge in [0.2, 0.25) is 5.91 Å². The van der Waals surface area contributed by atoms with Crippen LogP contribution in [0.15, 0.2) is 101 Å². The molecule has 10 atom stereocenters. The van der Waals surface area contributed by atoms with Crippen LogP contribution in [0.5, 0.6) is 0 Å². The smallest absolute Gasteiger partial charge is 0.390 e. The van der Waals surface area contributed by atoms with Crippen molar-refractivity contribution >= 4 is 78.8 Å². The number of nitrogens with one attached hydrogen (secondary N) is 4. The molecule has 7 aromatic rings. The number of aliphatic hydroxyl groups excluding tert-OH is 6. The molecule has 0 aliphatic carbocycles. The Morgan fingerprint density at radius 2 is 1.59 bits per heavy atom. The molecule has 3 aromatic carbocycles. The number of aromatic amines is 2. The lowest BCUT2D eigenvalue weighted by atomic mass is 10.00. The van der Waals surface area contributed by atoms with Gasteiger partial charge in [0.1, 0.15) is 60.1 Å². The highest BCUT2D eigenvalue weighted by molar-refractivity contribution is 7.61. The van der Waals surface area contributed by atoms with Crippen molar-refractivity contribution < 1.29 is 77.2 Å². The van der Waals surface area contributed by atoms with Crippen LogP contribution in [0.1, 0.15) is 50.8 Å². The highest BCUT2D eigenvalue weighted by Crippen LogP contribution is 2.61. The largest absolute Gasteiger partial charge is 0.481 e. The van der Waals surface area contributed by atoms with Crippen LogP contribution in [0.4, 0.5) is 40.2 Å². The second kappa shape index (κ2) is 26.0. The number of hydrogen-bond acceptors (Lipinski definition) is 24. The van der Waals surface area contributed by atoms with Gasteiger partial charge in [0.25, 0.3) is 11.5 Å². The van der Waals surface area contributed by atoms with Gasteiger partial charge in [-0.2, -0.15) is 4.31 Å². The number of nitrogens with two attached hydrogens (primary N) is 1. The second-order valence-corrected chi connectivity index (χ2v) is 24.1. The number of nitrogens with zero attached hydrogens (tertiary/aromatic N) is 8. The second-order valence-electron chi connectivity index (χ2n) is 21.1. The van der Waals surface area contributed by atoms with Crippen LogP contribution in [0, 0.1) is 13.8 Å². The summed E-state index contributed by atoms with van der Waals surface area (Å²) in [5.41, 5.74) is 9.58. The van der Waals surface area contributed by atoms with E-state index < -0.39 is 102 Å². The van der Waals surface area contributed by atoms with Gasteiger partial charge >= 0.3 is 21.3 Å². The maximum Gasteiger partial charge on any atom is 0.481 e. The number of amides is 2. The zero-order valence-electron chi connectivity index (χ0n) is 46.6. The third kappa shape index (κ3) is 14.2. The minimum Gasteiger partial charge on any atom is -0.390 e. The number of nitrogen functional groups attached to an aromatic ring is 1. The molecule has 3 aliphatic heterocycles. The molecule has 462 valence electrons. The number of anilines is 7.